The second-order valence-electron chi connectivity index (χ2n) is 15.0. The number of alkyl halides is 1. The fourth-order valence-electron chi connectivity index (χ4n) is 7.91. The summed E-state index contributed by atoms with van der Waals surface area (Å²) in [6, 6.07) is 1.94. The molecule has 10 heteroatoms. The van der Waals surface area contributed by atoms with Gasteiger partial charge in [-0.15, -0.1) is 0 Å². The smallest absolute Gasteiger partial charge is 0.259 e. The molecule has 10 rings (SSSR count). The molecule has 3 heterocycles. The van der Waals surface area contributed by atoms with Gasteiger partial charge < -0.3 is 13.9 Å². The molecule has 7 aliphatic carbocycles. The van der Waals surface area contributed by atoms with Crippen LogP contribution in [-0.4, -0.2) is 43.4 Å². The molecule has 3 aromatic heterocycles. The Labute approximate surface area is 238 Å². The predicted molar refractivity (Wildman–Crippen MR) is 147 cm³/mol. The Kier molecular flexibility index (Phi) is 5.12. The van der Waals surface area contributed by atoms with Crippen LogP contribution in [0.2, 0.25) is 0 Å². The Balaban J connectivity index is 1.07. The Bertz CT molecular complexity index is 1490. The molecule has 0 radical (unpaired) electrons. The van der Waals surface area contributed by atoms with E-state index in [1.54, 1.807) is 12.4 Å². The molecule has 4 bridgehead atoms. The SMILES string of the molecule is CC(C)(C)c1noc(C23CCC(CN(C(=O)C45CC(F)(C4)C5)c4cncc(-c5nc(C6CC6)no5)c4)(CC2)CC3)n1. The second-order valence-corrected chi connectivity index (χ2v) is 15.0. The maximum Gasteiger partial charge on any atom is 0.259 e. The van der Waals surface area contributed by atoms with Crippen LogP contribution in [0.3, 0.4) is 0 Å². The first kappa shape index (κ1) is 25.5. The summed E-state index contributed by atoms with van der Waals surface area (Å²) in [7, 11) is 0. The number of aromatic nitrogens is 5. The van der Waals surface area contributed by atoms with Gasteiger partial charge in [0.25, 0.3) is 5.89 Å². The van der Waals surface area contributed by atoms with E-state index in [9.17, 15) is 9.18 Å². The zero-order valence-corrected chi connectivity index (χ0v) is 24.1. The van der Waals surface area contributed by atoms with Gasteiger partial charge in [0.15, 0.2) is 11.6 Å². The van der Waals surface area contributed by atoms with Crippen LogP contribution in [0.1, 0.15) is 115 Å². The molecule has 0 aromatic carbocycles. The van der Waals surface area contributed by atoms with Crippen molar-refractivity contribution in [3.05, 3.63) is 36.0 Å². The molecular weight excluding hydrogens is 523 g/mol. The molecule has 0 N–H and O–H groups in total. The molecule has 0 spiro atoms. The molecule has 7 fully saturated rings. The highest BCUT2D eigenvalue weighted by molar-refractivity contribution is 6.00. The van der Waals surface area contributed by atoms with Gasteiger partial charge in [-0.25, -0.2) is 4.39 Å². The number of pyridine rings is 1. The number of anilines is 1. The van der Waals surface area contributed by atoms with Crippen LogP contribution < -0.4 is 4.90 Å². The number of halogens is 1. The quantitative estimate of drug-likeness (QED) is 0.336. The first-order chi connectivity index (χ1) is 19.5. The molecule has 1 amide bonds. The first-order valence-corrected chi connectivity index (χ1v) is 15.1. The lowest BCUT2D eigenvalue weighted by Crippen LogP contribution is -2.71. The van der Waals surface area contributed by atoms with Gasteiger partial charge in [0, 0.05) is 29.5 Å². The number of carbonyl (C=O) groups excluding carboxylic acids is 1. The summed E-state index contributed by atoms with van der Waals surface area (Å²) in [6.07, 6.45) is 12.4. The van der Waals surface area contributed by atoms with Crippen LogP contribution in [0.25, 0.3) is 11.5 Å². The number of fused-ring (bicyclic) bond motifs is 3. The lowest BCUT2D eigenvalue weighted by Gasteiger charge is -2.65. The summed E-state index contributed by atoms with van der Waals surface area (Å²) in [4.78, 5) is 30.0. The van der Waals surface area contributed by atoms with E-state index in [0.717, 1.165) is 74.6 Å². The summed E-state index contributed by atoms with van der Waals surface area (Å²) in [6.45, 7) is 6.90. The van der Waals surface area contributed by atoms with Crippen LogP contribution in [0.5, 0.6) is 0 Å². The lowest BCUT2D eigenvalue weighted by molar-refractivity contribution is -0.211. The predicted octanol–water partition coefficient (Wildman–Crippen LogP) is 6.21. The average molecular weight is 561 g/mol. The number of nitrogens with zero attached hydrogens (tertiary/aromatic N) is 6. The van der Waals surface area contributed by atoms with Crippen molar-refractivity contribution in [3.63, 3.8) is 0 Å². The Morgan fingerprint density at radius 2 is 1.71 bits per heavy atom. The van der Waals surface area contributed by atoms with E-state index in [1.165, 1.54) is 0 Å². The monoisotopic (exact) mass is 560 g/mol. The molecule has 9 nitrogen and oxygen atoms in total. The third-order valence-electron chi connectivity index (χ3n) is 10.8. The van der Waals surface area contributed by atoms with E-state index in [2.05, 4.69) is 41.1 Å². The molecule has 0 atom stereocenters. The highest BCUT2D eigenvalue weighted by Gasteiger charge is 2.73. The fourth-order valence-corrected chi connectivity index (χ4v) is 7.91. The Hall–Kier alpha value is -3.17. The molecule has 7 saturated carbocycles. The van der Waals surface area contributed by atoms with Crippen molar-refractivity contribution in [2.75, 3.05) is 11.4 Å². The van der Waals surface area contributed by atoms with Gasteiger partial charge in [0.05, 0.1) is 22.9 Å². The van der Waals surface area contributed by atoms with E-state index >= 15 is 0 Å². The standard InChI is InChI=1S/C31H37FN6O3/c1-27(2,3)24-35-25(41-37-24)29-9-6-28(7-10-29,8-11-29)18-38(26(39)30-15-31(32,16-30)17-30)21-12-20(13-33-14-21)23-34-22(36-40-23)19-4-5-19/h12-14,19H,4-11,15-18H2,1-3H3. The number of hydrogen-bond donors (Lipinski definition) is 0. The fraction of sp³-hybridized carbons (Fsp3) is 0.677. The molecule has 7 aliphatic rings. The van der Waals surface area contributed by atoms with Crippen molar-refractivity contribution in [2.24, 2.45) is 10.8 Å². The largest absolute Gasteiger partial charge is 0.339 e. The minimum Gasteiger partial charge on any atom is -0.339 e. The van der Waals surface area contributed by atoms with Gasteiger partial charge in [-0.05, 0) is 82.1 Å². The van der Waals surface area contributed by atoms with Gasteiger partial charge in [-0.3, -0.25) is 9.78 Å². The summed E-state index contributed by atoms with van der Waals surface area (Å²) in [5.74, 6) is 3.10. The van der Waals surface area contributed by atoms with Crippen LogP contribution in [0, 0.1) is 10.8 Å². The third-order valence-corrected chi connectivity index (χ3v) is 10.8. The van der Waals surface area contributed by atoms with Gasteiger partial charge in [0.2, 0.25) is 11.8 Å². The molecule has 41 heavy (non-hydrogen) atoms. The average Bonchev–Trinajstić information content (AvgIpc) is 3.43. The summed E-state index contributed by atoms with van der Waals surface area (Å²) < 4.78 is 26.0. The molecular formula is C31H37FN6O3. The zero-order valence-electron chi connectivity index (χ0n) is 24.1. The van der Waals surface area contributed by atoms with Gasteiger partial charge >= 0.3 is 0 Å². The van der Waals surface area contributed by atoms with E-state index < -0.39 is 11.1 Å². The summed E-state index contributed by atoms with van der Waals surface area (Å²) in [5.41, 5.74) is -0.552. The van der Waals surface area contributed by atoms with Crippen molar-refractivity contribution in [1.82, 2.24) is 25.3 Å². The Morgan fingerprint density at radius 1 is 1.00 bits per heavy atom. The first-order valence-electron chi connectivity index (χ1n) is 15.1. The minimum absolute atomic E-state index is 0.0130. The van der Waals surface area contributed by atoms with Crippen LogP contribution in [-0.2, 0) is 15.6 Å². The Morgan fingerprint density at radius 3 is 2.32 bits per heavy atom. The van der Waals surface area contributed by atoms with Crippen molar-refractivity contribution >= 4 is 11.6 Å². The maximum absolute atomic E-state index is 14.6. The number of rotatable bonds is 7. The molecule has 0 saturated heterocycles. The van der Waals surface area contributed by atoms with E-state index in [1.807, 2.05) is 11.0 Å². The van der Waals surface area contributed by atoms with Crippen molar-refractivity contribution in [2.45, 2.75) is 114 Å². The van der Waals surface area contributed by atoms with Gasteiger partial charge in [0.1, 0.15) is 5.67 Å². The maximum atomic E-state index is 14.6. The summed E-state index contributed by atoms with van der Waals surface area (Å²) >= 11 is 0. The minimum atomic E-state index is -1.14. The normalized spacial score (nSPS) is 33.8. The van der Waals surface area contributed by atoms with E-state index in [4.69, 9.17) is 14.0 Å². The summed E-state index contributed by atoms with van der Waals surface area (Å²) in [5, 5.41) is 8.46. The van der Waals surface area contributed by atoms with Crippen LogP contribution in [0.15, 0.2) is 27.5 Å². The van der Waals surface area contributed by atoms with Gasteiger partial charge in [-0.2, -0.15) is 9.97 Å². The molecule has 216 valence electrons. The van der Waals surface area contributed by atoms with Gasteiger partial charge in [-0.1, -0.05) is 31.1 Å². The van der Waals surface area contributed by atoms with E-state index in [0.29, 0.717) is 43.2 Å². The van der Waals surface area contributed by atoms with Crippen LogP contribution >= 0.6 is 0 Å². The second kappa shape index (κ2) is 8.22. The highest BCUT2D eigenvalue weighted by atomic mass is 19.1. The number of hydrogen-bond acceptors (Lipinski definition) is 8. The van der Waals surface area contributed by atoms with E-state index in [-0.39, 0.29) is 22.2 Å². The van der Waals surface area contributed by atoms with Crippen LogP contribution in [0.4, 0.5) is 10.1 Å². The molecule has 0 aliphatic heterocycles. The number of amides is 1. The number of carbonyl (C=O) groups is 1. The van der Waals surface area contributed by atoms with Crippen molar-refractivity contribution < 1.29 is 18.2 Å². The highest BCUT2D eigenvalue weighted by Crippen LogP contribution is 2.70. The molecule has 3 aromatic rings. The lowest BCUT2D eigenvalue weighted by atomic mass is 9.41. The third kappa shape index (κ3) is 3.99. The molecule has 0 unspecified atom stereocenters. The zero-order chi connectivity index (χ0) is 28.3. The van der Waals surface area contributed by atoms with Crippen molar-refractivity contribution in [1.29, 1.82) is 0 Å². The van der Waals surface area contributed by atoms with Crippen molar-refractivity contribution in [3.8, 4) is 11.5 Å². The topological polar surface area (TPSA) is 111 Å².